The molecule has 0 spiro atoms. The fourth-order valence-electron chi connectivity index (χ4n) is 4.01. The molecule has 0 amide bonds. The van der Waals surface area contributed by atoms with Crippen molar-refractivity contribution in [2.45, 2.75) is 66.5 Å². The number of aliphatic imine (C=N–C) groups is 1. The summed E-state index contributed by atoms with van der Waals surface area (Å²) < 4.78 is 34.1. The third-order valence-electron chi connectivity index (χ3n) is 5.83. The van der Waals surface area contributed by atoms with Crippen molar-refractivity contribution < 1.29 is 17.9 Å². The summed E-state index contributed by atoms with van der Waals surface area (Å²) in [5, 5.41) is 9.65. The molecule has 1 N–H and O–H groups in total. The van der Waals surface area contributed by atoms with E-state index in [1.54, 1.807) is 30.4 Å². The minimum atomic E-state index is -3.39. The van der Waals surface area contributed by atoms with Gasteiger partial charge in [0.05, 0.1) is 17.9 Å². The van der Waals surface area contributed by atoms with Crippen molar-refractivity contribution in [2.75, 3.05) is 10.5 Å². The summed E-state index contributed by atoms with van der Waals surface area (Å²) in [4.78, 5) is 19.0. The van der Waals surface area contributed by atoms with E-state index in [2.05, 4.69) is 28.8 Å². The van der Waals surface area contributed by atoms with Gasteiger partial charge in [0.2, 0.25) is 10.0 Å². The highest BCUT2D eigenvalue weighted by Crippen LogP contribution is 2.39. The highest BCUT2D eigenvalue weighted by atomic mass is 32.2. The Kier molecular flexibility index (Phi) is 6.82. The number of nitrogens with one attached hydrogen (secondary N) is 1. The summed E-state index contributed by atoms with van der Waals surface area (Å²) in [5.74, 6) is 0.916. The van der Waals surface area contributed by atoms with Gasteiger partial charge < -0.3 is 4.74 Å². The van der Waals surface area contributed by atoms with Gasteiger partial charge in [0.25, 0.3) is 0 Å². The number of fused-ring (bicyclic) bond motifs is 3. The molecule has 0 fully saturated rings. The number of carbonyl (C=O) groups excluding carboxylic acids is 1. The molecule has 1 aliphatic rings. The molecule has 1 unspecified atom stereocenters. The lowest BCUT2D eigenvalue weighted by atomic mass is 9.99. The molecule has 4 rings (SSSR count). The van der Waals surface area contributed by atoms with E-state index in [1.165, 1.54) is 0 Å². The Morgan fingerprint density at radius 2 is 1.81 bits per heavy atom. The molecule has 0 aliphatic carbocycles. The average molecular weight is 530 g/mol. The van der Waals surface area contributed by atoms with E-state index in [0.29, 0.717) is 17.3 Å². The summed E-state index contributed by atoms with van der Waals surface area (Å²) in [6.45, 7) is 13.1. The van der Waals surface area contributed by atoms with Crippen LogP contribution in [0.1, 0.15) is 73.4 Å². The topological polar surface area (TPSA) is 116 Å². The Hall–Kier alpha value is -3.05. The maximum atomic E-state index is 12.8. The SMILES string of the molecule is CCS(=O)(=O)Nc1ccc(C2=NC(CC(=O)OC(C)(C)C)c3nnc(C)n3-c3sc(C)c(C)c32)cc1. The van der Waals surface area contributed by atoms with Gasteiger partial charge in [0, 0.05) is 21.7 Å². The van der Waals surface area contributed by atoms with E-state index >= 15 is 0 Å². The lowest BCUT2D eigenvalue weighted by Gasteiger charge is -2.21. The number of esters is 1. The first-order valence-electron chi connectivity index (χ1n) is 11.7. The smallest absolute Gasteiger partial charge is 0.308 e. The summed E-state index contributed by atoms with van der Waals surface area (Å²) in [5.41, 5.74) is 3.42. The lowest BCUT2D eigenvalue weighted by molar-refractivity contribution is -0.155. The predicted molar refractivity (Wildman–Crippen MR) is 142 cm³/mol. The molecular weight excluding hydrogens is 498 g/mol. The minimum Gasteiger partial charge on any atom is -0.460 e. The molecule has 0 bridgehead atoms. The van der Waals surface area contributed by atoms with Crippen LogP contribution >= 0.6 is 11.3 Å². The van der Waals surface area contributed by atoms with Gasteiger partial charge in [0.15, 0.2) is 5.82 Å². The molecule has 9 nitrogen and oxygen atoms in total. The number of benzene rings is 1. The number of thiophene rings is 1. The quantitative estimate of drug-likeness (QED) is 0.465. The first-order chi connectivity index (χ1) is 16.8. The largest absolute Gasteiger partial charge is 0.460 e. The fourth-order valence-corrected chi connectivity index (χ4v) is 5.87. The molecule has 1 atom stereocenters. The van der Waals surface area contributed by atoms with Crippen LogP contribution in [0.3, 0.4) is 0 Å². The van der Waals surface area contributed by atoms with Crippen LogP contribution < -0.4 is 4.72 Å². The number of aryl methyl sites for hydroxylation is 2. The Morgan fingerprint density at radius 1 is 1.14 bits per heavy atom. The molecular formula is C25H31N5O4S2. The van der Waals surface area contributed by atoms with Gasteiger partial charge in [-0.3, -0.25) is 19.1 Å². The molecule has 0 saturated heterocycles. The summed E-state index contributed by atoms with van der Waals surface area (Å²) in [7, 11) is -3.39. The van der Waals surface area contributed by atoms with Crippen LogP contribution in [0.2, 0.25) is 0 Å². The van der Waals surface area contributed by atoms with Crippen molar-refractivity contribution in [3.63, 3.8) is 0 Å². The molecule has 11 heteroatoms. The van der Waals surface area contributed by atoms with Gasteiger partial charge in [0.1, 0.15) is 22.5 Å². The zero-order valence-electron chi connectivity index (χ0n) is 21.5. The van der Waals surface area contributed by atoms with Crippen LogP contribution in [0.15, 0.2) is 29.3 Å². The van der Waals surface area contributed by atoms with Crippen LogP contribution in [0.5, 0.6) is 0 Å². The lowest BCUT2D eigenvalue weighted by Crippen LogP contribution is -2.25. The van der Waals surface area contributed by atoms with Gasteiger partial charge in [-0.15, -0.1) is 21.5 Å². The first-order valence-corrected chi connectivity index (χ1v) is 14.2. The fraction of sp³-hybridized carbons (Fsp3) is 0.440. The second-order valence-electron chi connectivity index (χ2n) is 9.77. The van der Waals surface area contributed by atoms with Crippen molar-refractivity contribution in [1.82, 2.24) is 14.8 Å². The Morgan fingerprint density at radius 3 is 2.42 bits per heavy atom. The molecule has 1 aromatic carbocycles. The Bertz CT molecular complexity index is 1440. The zero-order chi connectivity index (χ0) is 26.4. The Balaban J connectivity index is 1.85. The van der Waals surface area contributed by atoms with Gasteiger partial charge in [-0.2, -0.15) is 0 Å². The van der Waals surface area contributed by atoms with E-state index in [0.717, 1.165) is 32.3 Å². The highest BCUT2D eigenvalue weighted by molar-refractivity contribution is 7.92. The summed E-state index contributed by atoms with van der Waals surface area (Å²) in [6, 6.07) is 6.52. The summed E-state index contributed by atoms with van der Waals surface area (Å²) >= 11 is 1.63. The Labute approximate surface area is 215 Å². The molecule has 36 heavy (non-hydrogen) atoms. The highest BCUT2D eigenvalue weighted by Gasteiger charge is 2.33. The number of aromatic nitrogens is 3. The van der Waals surface area contributed by atoms with Gasteiger partial charge >= 0.3 is 5.97 Å². The number of carbonyl (C=O) groups is 1. The van der Waals surface area contributed by atoms with E-state index in [4.69, 9.17) is 9.73 Å². The molecule has 192 valence electrons. The van der Waals surface area contributed by atoms with Crippen molar-refractivity contribution in [2.24, 2.45) is 4.99 Å². The van der Waals surface area contributed by atoms with E-state index in [1.807, 2.05) is 44.4 Å². The number of rotatable bonds is 6. The summed E-state index contributed by atoms with van der Waals surface area (Å²) in [6.07, 6.45) is 0.0141. The maximum Gasteiger partial charge on any atom is 0.308 e. The van der Waals surface area contributed by atoms with Crippen molar-refractivity contribution in [1.29, 1.82) is 0 Å². The second kappa shape index (κ2) is 9.44. The molecule has 0 saturated carbocycles. The monoisotopic (exact) mass is 529 g/mol. The molecule has 2 aromatic heterocycles. The molecule has 3 aromatic rings. The van der Waals surface area contributed by atoms with Crippen molar-refractivity contribution in [3.05, 3.63) is 57.5 Å². The normalized spacial score (nSPS) is 15.5. The predicted octanol–water partition coefficient (Wildman–Crippen LogP) is 4.64. The number of nitrogens with zero attached hydrogens (tertiary/aromatic N) is 4. The van der Waals surface area contributed by atoms with E-state index < -0.39 is 21.7 Å². The number of ether oxygens (including phenoxy) is 1. The van der Waals surface area contributed by atoms with E-state index in [9.17, 15) is 13.2 Å². The van der Waals surface area contributed by atoms with Crippen molar-refractivity contribution >= 4 is 38.7 Å². The molecule has 3 heterocycles. The van der Waals surface area contributed by atoms with Crippen molar-refractivity contribution in [3.8, 4) is 5.00 Å². The number of hydrogen-bond acceptors (Lipinski definition) is 8. The van der Waals surface area contributed by atoms with Gasteiger partial charge in [-0.25, -0.2) is 8.42 Å². The van der Waals surface area contributed by atoms with Crippen LogP contribution in [-0.2, 0) is 19.6 Å². The zero-order valence-corrected chi connectivity index (χ0v) is 23.2. The average Bonchev–Trinajstić information content (AvgIpc) is 3.25. The minimum absolute atomic E-state index is 0.0105. The van der Waals surface area contributed by atoms with Crippen LogP contribution in [0.25, 0.3) is 5.00 Å². The van der Waals surface area contributed by atoms with Crippen LogP contribution in [-0.4, -0.2) is 46.2 Å². The number of sulfonamides is 1. The molecule has 0 radical (unpaired) electrons. The molecule has 1 aliphatic heterocycles. The second-order valence-corrected chi connectivity index (χ2v) is 13.0. The van der Waals surface area contributed by atoms with Crippen LogP contribution in [0.4, 0.5) is 5.69 Å². The van der Waals surface area contributed by atoms with Gasteiger partial charge in [-0.05, 0) is 66.2 Å². The van der Waals surface area contributed by atoms with E-state index in [-0.39, 0.29) is 18.1 Å². The third kappa shape index (κ3) is 5.22. The van der Waals surface area contributed by atoms with Gasteiger partial charge in [-0.1, -0.05) is 12.1 Å². The van der Waals surface area contributed by atoms with Crippen LogP contribution in [0, 0.1) is 20.8 Å². The standard InChI is InChI=1S/C25H31N5O4S2/c1-8-36(32,33)29-18-11-9-17(10-12-18)22-21-14(2)15(3)35-24(21)30-16(4)27-28-23(30)19(26-22)13-20(31)34-25(5,6)7/h9-12,19,29H,8,13H2,1-7H3. The first kappa shape index (κ1) is 26.0. The number of hydrogen-bond donors (Lipinski definition) is 1. The number of anilines is 1. The maximum absolute atomic E-state index is 12.8. The third-order valence-corrected chi connectivity index (χ3v) is 8.33.